The van der Waals surface area contributed by atoms with E-state index < -0.39 is 11.5 Å². The number of aromatic nitrogens is 3. The third kappa shape index (κ3) is 3.85. The minimum atomic E-state index is -0.495. The summed E-state index contributed by atoms with van der Waals surface area (Å²) in [5.41, 5.74) is 0.382. The molecule has 8 heteroatoms. The van der Waals surface area contributed by atoms with Gasteiger partial charge < -0.3 is 15.5 Å². The maximum atomic E-state index is 13.3. The first-order valence-electron chi connectivity index (χ1n) is 9.35. The maximum Gasteiger partial charge on any atom is 0.244 e. The Morgan fingerprint density at radius 1 is 1.26 bits per heavy atom. The van der Waals surface area contributed by atoms with E-state index in [2.05, 4.69) is 20.7 Å². The first-order chi connectivity index (χ1) is 13.2. The number of hydrogen-bond donors (Lipinski definition) is 2. The molecule has 2 aliphatic rings. The summed E-state index contributed by atoms with van der Waals surface area (Å²) in [6, 6.07) is 6.96. The summed E-state index contributed by atoms with van der Waals surface area (Å²) in [4.78, 5) is 32.0. The number of nitrogens with one attached hydrogen (secondary N) is 2. The Morgan fingerprint density at radius 2 is 2.15 bits per heavy atom. The molecule has 1 aliphatic heterocycles. The van der Waals surface area contributed by atoms with Crippen LogP contribution in [0.2, 0.25) is 0 Å². The van der Waals surface area contributed by atoms with E-state index in [1.165, 1.54) is 0 Å². The average Bonchev–Trinajstić information content (AvgIpc) is 3.31. The fourth-order valence-corrected chi connectivity index (χ4v) is 3.58. The minimum Gasteiger partial charge on any atom is -0.349 e. The zero-order chi connectivity index (χ0) is 18.7. The number of amides is 2. The van der Waals surface area contributed by atoms with Crippen LogP contribution < -0.4 is 10.6 Å². The van der Waals surface area contributed by atoms with Crippen molar-refractivity contribution in [2.75, 3.05) is 19.6 Å². The second-order valence-corrected chi connectivity index (χ2v) is 7.24. The van der Waals surface area contributed by atoms with E-state index in [1.807, 2.05) is 35.1 Å². The number of carbonyl (C=O) groups is 2. The van der Waals surface area contributed by atoms with Crippen molar-refractivity contribution in [1.82, 2.24) is 30.3 Å². The van der Waals surface area contributed by atoms with Crippen molar-refractivity contribution in [1.29, 1.82) is 0 Å². The Morgan fingerprint density at radius 3 is 2.85 bits per heavy atom. The van der Waals surface area contributed by atoms with Crippen LogP contribution in [0, 0.1) is 5.41 Å². The van der Waals surface area contributed by atoms with Crippen molar-refractivity contribution in [3.8, 4) is 0 Å². The molecule has 2 fully saturated rings. The van der Waals surface area contributed by atoms with Gasteiger partial charge in [-0.3, -0.25) is 19.3 Å². The highest BCUT2D eigenvalue weighted by molar-refractivity contribution is 5.91. The van der Waals surface area contributed by atoms with Gasteiger partial charge in [0.15, 0.2) is 0 Å². The maximum absolute atomic E-state index is 13.3. The van der Waals surface area contributed by atoms with E-state index in [9.17, 15) is 9.59 Å². The lowest BCUT2D eigenvalue weighted by atomic mass is 10.0. The van der Waals surface area contributed by atoms with E-state index in [4.69, 9.17) is 0 Å². The van der Waals surface area contributed by atoms with Crippen molar-refractivity contribution in [2.45, 2.75) is 32.0 Å². The average molecular weight is 368 g/mol. The van der Waals surface area contributed by atoms with Crippen molar-refractivity contribution in [2.24, 2.45) is 5.41 Å². The quantitative estimate of drug-likeness (QED) is 0.759. The van der Waals surface area contributed by atoms with Crippen molar-refractivity contribution < 1.29 is 9.59 Å². The van der Waals surface area contributed by atoms with Gasteiger partial charge >= 0.3 is 0 Å². The first kappa shape index (κ1) is 17.7. The summed E-state index contributed by atoms with van der Waals surface area (Å²) < 4.78 is 1.81. The Labute approximate surface area is 158 Å². The highest BCUT2D eigenvalue weighted by Gasteiger charge is 2.53. The molecule has 2 N–H and O–H groups in total. The Bertz CT molecular complexity index is 788. The molecule has 0 unspecified atom stereocenters. The fourth-order valence-electron chi connectivity index (χ4n) is 3.58. The van der Waals surface area contributed by atoms with Gasteiger partial charge in [-0.05, 0) is 31.0 Å². The predicted molar refractivity (Wildman–Crippen MR) is 98.3 cm³/mol. The molecule has 3 heterocycles. The number of rotatable bonds is 6. The van der Waals surface area contributed by atoms with Crippen LogP contribution in [0.25, 0.3) is 0 Å². The number of pyridine rings is 1. The summed E-state index contributed by atoms with van der Waals surface area (Å²) in [7, 11) is 0. The van der Waals surface area contributed by atoms with E-state index in [-0.39, 0.29) is 11.8 Å². The van der Waals surface area contributed by atoms with Crippen LogP contribution in [0.1, 0.15) is 18.5 Å². The van der Waals surface area contributed by atoms with Crippen LogP contribution >= 0.6 is 0 Å². The lowest BCUT2D eigenvalue weighted by Crippen LogP contribution is -2.61. The molecule has 27 heavy (non-hydrogen) atoms. The van der Waals surface area contributed by atoms with E-state index in [1.54, 1.807) is 17.3 Å². The van der Waals surface area contributed by atoms with Gasteiger partial charge in [-0.25, -0.2) is 0 Å². The highest BCUT2D eigenvalue weighted by atomic mass is 16.2. The lowest BCUT2D eigenvalue weighted by molar-refractivity contribution is -0.146. The number of carbonyl (C=O) groups excluding carboxylic acids is 2. The van der Waals surface area contributed by atoms with Gasteiger partial charge in [0.05, 0.1) is 24.2 Å². The van der Waals surface area contributed by atoms with Crippen molar-refractivity contribution >= 4 is 11.8 Å². The summed E-state index contributed by atoms with van der Waals surface area (Å²) in [5, 5.41) is 10.4. The molecule has 4 rings (SSSR count). The second kappa shape index (κ2) is 7.48. The van der Waals surface area contributed by atoms with E-state index in [0.29, 0.717) is 32.7 Å². The zero-order valence-corrected chi connectivity index (χ0v) is 15.2. The van der Waals surface area contributed by atoms with Gasteiger partial charge in [0, 0.05) is 38.2 Å². The monoisotopic (exact) mass is 368 g/mol. The van der Waals surface area contributed by atoms with Gasteiger partial charge in [-0.15, -0.1) is 0 Å². The molecule has 0 radical (unpaired) electrons. The first-order valence-corrected chi connectivity index (χ1v) is 9.35. The summed E-state index contributed by atoms with van der Waals surface area (Å²) in [5.74, 6) is -0.0754. The van der Waals surface area contributed by atoms with Crippen LogP contribution in [0.3, 0.4) is 0 Å². The van der Waals surface area contributed by atoms with Crippen LogP contribution in [0.15, 0.2) is 42.9 Å². The number of hydrogen-bond acceptors (Lipinski definition) is 5. The lowest BCUT2D eigenvalue weighted by Gasteiger charge is -2.37. The van der Waals surface area contributed by atoms with Crippen LogP contribution in [0.4, 0.5) is 0 Å². The van der Waals surface area contributed by atoms with Gasteiger partial charge in [-0.2, -0.15) is 5.10 Å². The van der Waals surface area contributed by atoms with Crippen LogP contribution in [-0.2, 0) is 22.7 Å². The minimum absolute atomic E-state index is 0.0671. The third-order valence-electron chi connectivity index (χ3n) is 5.31. The molecule has 0 bridgehead atoms. The van der Waals surface area contributed by atoms with E-state index in [0.717, 1.165) is 18.5 Å². The van der Waals surface area contributed by atoms with Gasteiger partial charge in [-0.1, -0.05) is 6.07 Å². The van der Waals surface area contributed by atoms with Crippen LogP contribution in [0.5, 0.6) is 0 Å². The van der Waals surface area contributed by atoms with Gasteiger partial charge in [0.2, 0.25) is 11.8 Å². The Kier molecular flexibility index (Phi) is 4.89. The summed E-state index contributed by atoms with van der Waals surface area (Å²) >= 11 is 0. The van der Waals surface area contributed by atoms with Crippen LogP contribution in [-0.4, -0.2) is 57.2 Å². The molecule has 2 amide bonds. The molecular weight excluding hydrogens is 344 g/mol. The SMILES string of the molecule is O=C(NCc1ccccn1)[C@H]1CNCCN1C(=O)C1(Cn2cccn2)CC1. The number of nitrogens with zero attached hydrogens (tertiary/aromatic N) is 4. The van der Waals surface area contributed by atoms with E-state index >= 15 is 0 Å². The molecule has 8 nitrogen and oxygen atoms in total. The standard InChI is InChI=1S/C19H24N6O2/c26-17(22-12-15-4-1-2-7-21-15)16-13-20-9-11-25(16)18(27)19(5-6-19)14-24-10-3-8-23-24/h1-4,7-8,10,16,20H,5-6,9,11-14H2,(H,22,26)/t16-/m1/s1. The summed E-state index contributed by atoms with van der Waals surface area (Å²) in [6.07, 6.45) is 6.99. The predicted octanol–water partition coefficient (Wildman–Crippen LogP) is 0.175. The largest absolute Gasteiger partial charge is 0.349 e. The van der Waals surface area contributed by atoms with Gasteiger partial charge in [0.1, 0.15) is 6.04 Å². The molecule has 2 aromatic heterocycles. The molecule has 2 aromatic rings. The summed E-state index contributed by atoms with van der Waals surface area (Å²) in [6.45, 7) is 2.65. The third-order valence-corrected chi connectivity index (χ3v) is 5.31. The molecule has 1 atom stereocenters. The molecule has 1 saturated heterocycles. The Hall–Kier alpha value is -2.74. The molecule has 1 aliphatic carbocycles. The molecule has 0 spiro atoms. The second-order valence-electron chi connectivity index (χ2n) is 7.24. The molecule has 0 aromatic carbocycles. The molecule has 142 valence electrons. The Balaban J connectivity index is 1.42. The van der Waals surface area contributed by atoms with Gasteiger partial charge in [0.25, 0.3) is 0 Å². The number of piperazine rings is 1. The normalized spacial score (nSPS) is 20.9. The smallest absolute Gasteiger partial charge is 0.244 e. The fraction of sp³-hybridized carbons (Fsp3) is 0.474. The highest BCUT2D eigenvalue weighted by Crippen LogP contribution is 2.49. The van der Waals surface area contributed by atoms with Crippen molar-refractivity contribution in [3.63, 3.8) is 0 Å². The zero-order valence-electron chi connectivity index (χ0n) is 15.2. The topological polar surface area (TPSA) is 92.2 Å². The van der Waals surface area contributed by atoms with Crippen molar-refractivity contribution in [3.05, 3.63) is 48.5 Å². The molecule has 1 saturated carbocycles. The molecular formula is C19H24N6O2.